The first-order valence-electron chi connectivity index (χ1n) is 16.7. The van der Waals surface area contributed by atoms with E-state index in [-0.39, 0.29) is 61.4 Å². The minimum Gasteiger partial charge on any atom is -0.504 e. The van der Waals surface area contributed by atoms with E-state index >= 15 is 0 Å². The Bertz CT molecular complexity index is 2330. The molecular formula is C43H36O9. The lowest BCUT2D eigenvalue weighted by Gasteiger charge is -2.42. The number of benzene rings is 4. The number of Topliss-reactive ketones (excluding diaryl/α,β-unsaturated/α-hetero) is 4. The SMILES string of the molecule is CC1(C)CCC(C)(C)c2cc3c(cc21)C(=O)C(O)=C(c1ccc(C(=O)O)cc1)C3=O.CC1=C(c2ccccc2C(=O)O)C(=O)c2ccccc2C1=O. The van der Waals surface area contributed by atoms with Gasteiger partial charge in [0.15, 0.2) is 23.1 Å². The second-order valence-electron chi connectivity index (χ2n) is 14.5. The van der Waals surface area contributed by atoms with Crippen molar-refractivity contribution in [3.63, 3.8) is 0 Å². The van der Waals surface area contributed by atoms with E-state index in [1.54, 1.807) is 55.5 Å². The van der Waals surface area contributed by atoms with Crippen LogP contribution in [0.5, 0.6) is 0 Å². The van der Waals surface area contributed by atoms with Crippen LogP contribution in [0.3, 0.4) is 0 Å². The van der Waals surface area contributed by atoms with Gasteiger partial charge >= 0.3 is 11.9 Å². The van der Waals surface area contributed by atoms with E-state index in [2.05, 4.69) is 27.7 Å². The molecule has 0 radical (unpaired) electrons. The van der Waals surface area contributed by atoms with Gasteiger partial charge in [-0.25, -0.2) is 9.59 Å². The molecule has 0 saturated carbocycles. The molecular weight excluding hydrogens is 660 g/mol. The molecule has 0 aliphatic heterocycles. The number of carboxylic acids is 2. The summed E-state index contributed by atoms with van der Waals surface area (Å²) in [5.41, 5.74) is 4.06. The van der Waals surface area contributed by atoms with Gasteiger partial charge < -0.3 is 15.3 Å². The number of fused-ring (bicyclic) bond motifs is 3. The third-order valence-electron chi connectivity index (χ3n) is 10.4. The number of rotatable bonds is 4. The molecule has 7 rings (SSSR count). The van der Waals surface area contributed by atoms with Crippen LogP contribution in [0.1, 0.15) is 132 Å². The van der Waals surface area contributed by atoms with Crippen molar-refractivity contribution in [1.29, 1.82) is 0 Å². The Balaban J connectivity index is 0.000000187. The molecule has 3 aliphatic rings. The van der Waals surface area contributed by atoms with Crippen molar-refractivity contribution >= 4 is 46.2 Å². The first kappa shape index (κ1) is 35.6. The molecule has 4 aromatic carbocycles. The zero-order valence-electron chi connectivity index (χ0n) is 29.3. The highest BCUT2D eigenvalue weighted by atomic mass is 16.4. The predicted octanol–water partition coefficient (Wildman–Crippen LogP) is 8.32. The number of aliphatic hydroxyl groups excluding tert-OH is 1. The number of ketones is 4. The normalized spacial score (nSPS) is 17.1. The Hall–Kier alpha value is -6.22. The zero-order chi connectivity index (χ0) is 37.9. The lowest BCUT2D eigenvalue weighted by atomic mass is 9.62. The molecule has 3 N–H and O–H groups in total. The molecule has 0 spiro atoms. The number of aromatic carboxylic acids is 2. The van der Waals surface area contributed by atoms with Crippen molar-refractivity contribution in [1.82, 2.24) is 0 Å². The average Bonchev–Trinajstić information content (AvgIpc) is 3.12. The number of carbonyl (C=O) groups excluding carboxylic acids is 4. The Morgan fingerprint density at radius 1 is 0.558 bits per heavy atom. The second-order valence-corrected chi connectivity index (χ2v) is 14.5. The molecule has 0 saturated heterocycles. The molecule has 52 heavy (non-hydrogen) atoms. The average molecular weight is 697 g/mol. The monoisotopic (exact) mass is 696 g/mol. The number of hydrogen-bond donors (Lipinski definition) is 3. The molecule has 262 valence electrons. The smallest absolute Gasteiger partial charge is 0.336 e. The predicted molar refractivity (Wildman–Crippen MR) is 194 cm³/mol. The van der Waals surface area contributed by atoms with Crippen LogP contribution in [0.15, 0.2) is 96.3 Å². The van der Waals surface area contributed by atoms with Gasteiger partial charge in [-0.05, 0) is 77.6 Å². The Morgan fingerprint density at radius 3 is 1.54 bits per heavy atom. The number of carbonyl (C=O) groups is 6. The molecule has 0 fully saturated rings. The summed E-state index contributed by atoms with van der Waals surface area (Å²) in [5.74, 6) is -4.38. The van der Waals surface area contributed by atoms with E-state index in [4.69, 9.17) is 5.11 Å². The van der Waals surface area contributed by atoms with Crippen molar-refractivity contribution in [2.75, 3.05) is 0 Å². The van der Waals surface area contributed by atoms with Gasteiger partial charge in [0, 0.05) is 39.0 Å². The van der Waals surface area contributed by atoms with Gasteiger partial charge in [0.1, 0.15) is 0 Å². The minimum absolute atomic E-state index is 0.0115. The fourth-order valence-corrected chi connectivity index (χ4v) is 7.23. The number of hydrogen-bond acceptors (Lipinski definition) is 7. The van der Waals surface area contributed by atoms with Gasteiger partial charge in [-0.1, -0.05) is 82.3 Å². The molecule has 3 aliphatic carbocycles. The minimum atomic E-state index is -1.13. The molecule has 4 aromatic rings. The first-order valence-corrected chi connectivity index (χ1v) is 16.7. The van der Waals surface area contributed by atoms with Gasteiger partial charge in [-0.3, -0.25) is 19.2 Å². The van der Waals surface area contributed by atoms with Crippen LogP contribution in [0.2, 0.25) is 0 Å². The summed E-state index contributed by atoms with van der Waals surface area (Å²) in [7, 11) is 0. The van der Waals surface area contributed by atoms with Crippen LogP contribution in [0.25, 0.3) is 11.1 Å². The molecule has 0 unspecified atom stereocenters. The van der Waals surface area contributed by atoms with Crippen LogP contribution < -0.4 is 0 Å². The number of aliphatic hydroxyl groups is 1. The van der Waals surface area contributed by atoms with Crippen molar-refractivity contribution in [2.45, 2.75) is 58.3 Å². The van der Waals surface area contributed by atoms with Crippen molar-refractivity contribution in [2.24, 2.45) is 0 Å². The second kappa shape index (κ2) is 12.8. The summed E-state index contributed by atoms with van der Waals surface area (Å²) >= 11 is 0. The standard InChI is InChI=1S/C25H24O5.C18H12O4/c1-24(2)9-10-25(3,4)18-12-16-15(11-17(18)24)20(26)19(22(28)21(16)27)13-5-7-14(8-6-13)23(29)30;1-10-15(11-6-2-5-9-14(11)18(21)22)17(20)13-8-4-3-7-12(13)16(10)19/h5-8,11-12,28H,9-10H2,1-4H3,(H,29,30);2-9H,1H3,(H,21,22). The highest BCUT2D eigenvalue weighted by Gasteiger charge is 2.41. The molecule has 9 nitrogen and oxygen atoms in total. The van der Waals surface area contributed by atoms with Crippen molar-refractivity contribution in [3.05, 3.63) is 152 Å². The van der Waals surface area contributed by atoms with Gasteiger partial charge in [0.2, 0.25) is 5.78 Å². The maximum absolute atomic E-state index is 13.4. The third kappa shape index (κ3) is 5.88. The fraction of sp³-hybridized carbons (Fsp3) is 0.209. The van der Waals surface area contributed by atoms with E-state index in [0.717, 1.165) is 24.0 Å². The van der Waals surface area contributed by atoms with Gasteiger partial charge in [0.05, 0.1) is 16.7 Å². The fourth-order valence-electron chi connectivity index (χ4n) is 7.23. The lowest BCUT2D eigenvalue weighted by Crippen LogP contribution is -2.35. The van der Waals surface area contributed by atoms with E-state index in [1.807, 2.05) is 6.07 Å². The summed E-state index contributed by atoms with van der Waals surface area (Å²) < 4.78 is 0. The lowest BCUT2D eigenvalue weighted by molar-refractivity contribution is 0.0686. The summed E-state index contributed by atoms with van der Waals surface area (Å²) in [6.07, 6.45) is 1.94. The summed E-state index contributed by atoms with van der Waals surface area (Å²) in [6, 6.07) is 22.0. The van der Waals surface area contributed by atoms with Gasteiger partial charge in [0.25, 0.3) is 0 Å². The Kier molecular flexibility index (Phi) is 8.79. The van der Waals surface area contributed by atoms with E-state index in [9.17, 15) is 39.0 Å². The largest absolute Gasteiger partial charge is 0.504 e. The molecule has 9 heteroatoms. The maximum atomic E-state index is 13.4. The molecule has 0 heterocycles. The van der Waals surface area contributed by atoms with Crippen LogP contribution in [0.4, 0.5) is 0 Å². The summed E-state index contributed by atoms with van der Waals surface area (Å²) in [6.45, 7) is 10.1. The van der Waals surface area contributed by atoms with Crippen molar-refractivity contribution in [3.8, 4) is 0 Å². The van der Waals surface area contributed by atoms with Gasteiger partial charge in [-0.2, -0.15) is 0 Å². The Morgan fingerprint density at radius 2 is 1.02 bits per heavy atom. The highest BCUT2D eigenvalue weighted by Crippen LogP contribution is 2.48. The Labute approximate surface area is 299 Å². The molecule has 0 bridgehead atoms. The molecule has 0 amide bonds. The van der Waals surface area contributed by atoms with Crippen LogP contribution >= 0.6 is 0 Å². The number of allylic oxidation sites excluding steroid dienone is 4. The van der Waals surface area contributed by atoms with E-state index < -0.39 is 29.3 Å². The van der Waals surface area contributed by atoms with E-state index in [1.165, 1.54) is 30.3 Å². The van der Waals surface area contributed by atoms with Crippen LogP contribution in [-0.4, -0.2) is 50.4 Å². The van der Waals surface area contributed by atoms with Crippen LogP contribution in [-0.2, 0) is 10.8 Å². The van der Waals surface area contributed by atoms with Gasteiger partial charge in [-0.15, -0.1) is 0 Å². The number of carboxylic acid groups (broad SMARTS) is 2. The quantitative estimate of drug-likeness (QED) is 0.190. The van der Waals surface area contributed by atoms with Crippen LogP contribution in [0, 0.1) is 0 Å². The highest BCUT2D eigenvalue weighted by molar-refractivity contribution is 6.41. The van der Waals surface area contributed by atoms with E-state index in [0.29, 0.717) is 22.3 Å². The molecule has 0 atom stereocenters. The third-order valence-corrected chi connectivity index (χ3v) is 10.4. The molecule has 0 aromatic heterocycles. The maximum Gasteiger partial charge on any atom is 0.336 e. The first-order chi connectivity index (χ1) is 24.5. The zero-order valence-corrected chi connectivity index (χ0v) is 29.3. The topological polar surface area (TPSA) is 163 Å². The summed E-state index contributed by atoms with van der Waals surface area (Å²) in [4.78, 5) is 74.1. The van der Waals surface area contributed by atoms with Crippen molar-refractivity contribution < 1.29 is 44.1 Å². The summed E-state index contributed by atoms with van der Waals surface area (Å²) in [5, 5.41) is 29.0.